The largest absolute Gasteiger partial charge is 0.497 e. The van der Waals surface area contributed by atoms with Crippen LogP contribution in [0.2, 0.25) is 0 Å². The highest BCUT2D eigenvalue weighted by Crippen LogP contribution is 2.26. The highest BCUT2D eigenvalue weighted by Gasteiger charge is 2.26. The number of nitrogens with zero attached hydrogens (tertiary/aromatic N) is 4. The fraction of sp³-hybridized carbons (Fsp3) is 0.474. The molecule has 2 heterocycles. The molecule has 0 radical (unpaired) electrons. The monoisotopic (exact) mass is 469 g/mol. The molecule has 1 atom stereocenters. The van der Waals surface area contributed by atoms with Gasteiger partial charge in [-0.2, -0.15) is 5.10 Å². The van der Waals surface area contributed by atoms with E-state index >= 15 is 0 Å². The Labute approximate surface area is 172 Å². The van der Waals surface area contributed by atoms with Crippen LogP contribution in [-0.2, 0) is 13.5 Å². The van der Waals surface area contributed by atoms with Gasteiger partial charge in [-0.3, -0.25) is 9.67 Å². The number of benzene rings is 1. The van der Waals surface area contributed by atoms with E-state index in [4.69, 9.17) is 4.74 Å². The molecule has 0 bridgehead atoms. The predicted octanol–water partition coefficient (Wildman–Crippen LogP) is 2.65. The summed E-state index contributed by atoms with van der Waals surface area (Å²) >= 11 is 0. The zero-order valence-electron chi connectivity index (χ0n) is 15.7. The maximum Gasteiger partial charge on any atom is 0.193 e. The van der Waals surface area contributed by atoms with Crippen LogP contribution in [0.15, 0.2) is 41.7 Å². The van der Waals surface area contributed by atoms with Crippen molar-refractivity contribution in [2.75, 3.05) is 33.8 Å². The van der Waals surface area contributed by atoms with Gasteiger partial charge < -0.3 is 15.0 Å². The number of hydrogen-bond acceptors (Lipinski definition) is 3. The van der Waals surface area contributed by atoms with E-state index in [1.807, 2.05) is 37.1 Å². The molecular weight excluding hydrogens is 441 g/mol. The topological polar surface area (TPSA) is 54.7 Å². The van der Waals surface area contributed by atoms with E-state index in [0.717, 1.165) is 44.2 Å². The quantitative estimate of drug-likeness (QED) is 0.416. The summed E-state index contributed by atoms with van der Waals surface area (Å²) in [5.74, 6) is 2.42. The van der Waals surface area contributed by atoms with Crippen molar-refractivity contribution in [2.24, 2.45) is 12.0 Å². The van der Waals surface area contributed by atoms with Crippen molar-refractivity contribution < 1.29 is 4.74 Å². The number of nitrogens with one attached hydrogen (secondary N) is 1. The Balaban J connectivity index is 0.00000243. The van der Waals surface area contributed by atoms with E-state index in [0.29, 0.717) is 5.92 Å². The lowest BCUT2D eigenvalue weighted by molar-refractivity contribution is 0.414. The zero-order valence-corrected chi connectivity index (χ0v) is 18.0. The normalized spacial score (nSPS) is 17.1. The third-order valence-electron chi connectivity index (χ3n) is 4.73. The summed E-state index contributed by atoms with van der Waals surface area (Å²) in [6, 6.07) is 8.21. The van der Waals surface area contributed by atoms with Gasteiger partial charge >= 0.3 is 0 Å². The number of guanidine groups is 1. The number of likely N-dealkylation sites (tertiary alicyclic amines) is 1. The molecule has 1 saturated heterocycles. The Hall–Kier alpha value is -1.77. The van der Waals surface area contributed by atoms with E-state index in [1.54, 1.807) is 7.11 Å². The lowest BCUT2D eigenvalue weighted by Crippen LogP contribution is -2.40. The molecule has 26 heavy (non-hydrogen) atoms. The number of aliphatic imine (C=N–C) groups is 1. The summed E-state index contributed by atoms with van der Waals surface area (Å²) in [4.78, 5) is 6.79. The molecule has 1 unspecified atom stereocenters. The second-order valence-electron chi connectivity index (χ2n) is 6.45. The molecule has 7 heteroatoms. The Kier molecular flexibility index (Phi) is 7.74. The number of aromatic nitrogens is 2. The van der Waals surface area contributed by atoms with Gasteiger partial charge in [0, 0.05) is 45.8 Å². The maximum atomic E-state index is 5.28. The average Bonchev–Trinajstić information content (AvgIpc) is 3.28. The van der Waals surface area contributed by atoms with Crippen molar-refractivity contribution in [3.8, 4) is 5.75 Å². The summed E-state index contributed by atoms with van der Waals surface area (Å²) in [7, 11) is 5.52. The molecule has 1 aromatic heterocycles. The Morgan fingerprint density at radius 3 is 2.96 bits per heavy atom. The van der Waals surface area contributed by atoms with Crippen LogP contribution in [0.4, 0.5) is 0 Å². The van der Waals surface area contributed by atoms with Crippen LogP contribution in [0.5, 0.6) is 5.75 Å². The standard InChI is InChI=1S/C19H27N5O.HI/c1-20-19(21-9-7-15-5-4-6-18(11-15)25-3)24-10-8-16(14-24)17-12-22-23(2)13-17;/h4-6,11-13,16H,7-10,14H2,1-3H3,(H,20,21);1H. The van der Waals surface area contributed by atoms with Crippen molar-refractivity contribution >= 4 is 29.9 Å². The minimum absolute atomic E-state index is 0. The summed E-state index contributed by atoms with van der Waals surface area (Å²) in [5, 5.41) is 7.78. The molecule has 6 nitrogen and oxygen atoms in total. The Morgan fingerprint density at radius 2 is 2.27 bits per heavy atom. The second-order valence-corrected chi connectivity index (χ2v) is 6.45. The van der Waals surface area contributed by atoms with Crippen LogP contribution in [-0.4, -0.2) is 54.4 Å². The van der Waals surface area contributed by atoms with Crippen LogP contribution >= 0.6 is 24.0 Å². The van der Waals surface area contributed by atoms with Gasteiger partial charge in [0.1, 0.15) is 5.75 Å². The summed E-state index contributed by atoms with van der Waals surface area (Å²) in [6.45, 7) is 2.87. The number of aryl methyl sites for hydroxylation is 1. The maximum absolute atomic E-state index is 5.28. The molecule has 0 aliphatic carbocycles. The SMILES string of the molecule is CN=C(NCCc1cccc(OC)c1)N1CCC(c2cnn(C)c2)C1.I. The second kappa shape index (κ2) is 9.80. The number of rotatable bonds is 5. The minimum Gasteiger partial charge on any atom is -0.497 e. The fourth-order valence-electron chi connectivity index (χ4n) is 3.35. The lowest BCUT2D eigenvalue weighted by Gasteiger charge is -2.21. The van der Waals surface area contributed by atoms with Gasteiger partial charge in [-0.1, -0.05) is 12.1 Å². The highest BCUT2D eigenvalue weighted by atomic mass is 127. The first-order chi connectivity index (χ1) is 12.2. The fourth-order valence-corrected chi connectivity index (χ4v) is 3.35. The van der Waals surface area contributed by atoms with Crippen molar-refractivity contribution in [1.82, 2.24) is 20.0 Å². The molecular formula is C19H28IN5O. The van der Waals surface area contributed by atoms with Gasteiger partial charge in [0.25, 0.3) is 0 Å². The molecule has 0 saturated carbocycles. The highest BCUT2D eigenvalue weighted by molar-refractivity contribution is 14.0. The lowest BCUT2D eigenvalue weighted by atomic mass is 10.0. The summed E-state index contributed by atoms with van der Waals surface area (Å²) in [6.07, 6.45) is 6.18. The molecule has 1 aromatic carbocycles. The molecule has 0 spiro atoms. The molecule has 1 aliphatic heterocycles. The first kappa shape index (κ1) is 20.5. The minimum atomic E-state index is 0. The number of methoxy groups -OCH3 is 1. The van der Waals surface area contributed by atoms with Crippen LogP contribution in [0.3, 0.4) is 0 Å². The van der Waals surface area contributed by atoms with E-state index in [-0.39, 0.29) is 24.0 Å². The third kappa shape index (κ3) is 5.12. The van der Waals surface area contributed by atoms with Gasteiger partial charge in [-0.15, -0.1) is 24.0 Å². The Morgan fingerprint density at radius 1 is 1.42 bits per heavy atom. The smallest absolute Gasteiger partial charge is 0.193 e. The first-order valence-corrected chi connectivity index (χ1v) is 8.76. The zero-order chi connectivity index (χ0) is 17.6. The van der Waals surface area contributed by atoms with Crippen LogP contribution in [0, 0.1) is 0 Å². The van der Waals surface area contributed by atoms with Crippen molar-refractivity contribution in [3.63, 3.8) is 0 Å². The Bertz CT molecular complexity index is 730. The number of halogens is 1. The van der Waals surface area contributed by atoms with Crippen LogP contribution < -0.4 is 10.1 Å². The van der Waals surface area contributed by atoms with E-state index in [1.165, 1.54) is 11.1 Å². The third-order valence-corrected chi connectivity index (χ3v) is 4.73. The van der Waals surface area contributed by atoms with Crippen molar-refractivity contribution in [3.05, 3.63) is 47.8 Å². The molecule has 1 fully saturated rings. The van der Waals surface area contributed by atoms with Gasteiger partial charge in [0.15, 0.2) is 5.96 Å². The number of hydrogen-bond donors (Lipinski definition) is 1. The van der Waals surface area contributed by atoms with E-state index in [2.05, 4.69) is 38.6 Å². The van der Waals surface area contributed by atoms with Crippen LogP contribution in [0.25, 0.3) is 0 Å². The van der Waals surface area contributed by atoms with Gasteiger partial charge in [0.2, 0.25) is 0 Å². The van der Waals surface area contributed by atoms with Crippen LogP contribution in [0.1, 0.15) is 23.5 Å². The molecule has 142 valence electrons. The van der Waals surface area contributed by atoms with Crippen molar-refractivity contribution in [2.45, 2.75) is 18.8 Å². The average molecular weight is 469 g/mol. The number of ether oxygens (including phenoxy) is 1. The molecule has 2 aromatic rings. The molecule has 0 amide bonds. The van der Waals surface area contributed by atoms with Gasteiger partial charge in [-0.05, 0) is 36.1 Å². The molecule has 3 rings (SSSR count). The summed E-state index contributed by atoms with van der Waals surface area (Å²) in [5.41, 5.74) is 2.58. The van der Waals surface area contributed by atoms with Gasteiger partial charge in [0.05, 0.1) is 13.3 Å². The van der Waals surface area contributed by atoms with Crippen molar-refractivity contribution in [1.29, 1.82) is 0 Å². The first-order valence-electron chi connectivity index (χ1n) is 8.76. The van der Waals surface area contributed by atoms with E-state index in [9.17, 15) is 0 Å². The summed E-state index contributed by atoms with van der Waals surface area (Å²) < 4.78 is 7.16. The molecule has 1 aliphatic rings. The molecule has 1 N–H and O–H groups in total. The van der Waals surface area contributed by atoms with Gasteiger partial charge in [-0.25, -0.2) is 0 Å². The van der Waals surface area contributed by atoms with E-state index < -0.39 is 0 Å². The predicted molar refractivity (Wildman–Crippen MR) is 116 cm³/mol.